The van der Waals surface area contributed by atoms with E-state index in [-0.39, 0.29) is 6.61 Å². The Bertz CT molecular complexity index is 314. The van der Waals surface area contributed by atoms with Gasteiger partial charge in [0.05, 0.1) is 19.3 Å². The Morgan fingerprint density at radius 2 is 2.31 bits per heavy atom. The summed E-state index contributed by atoms with van der Waals surface area (Å²) in [4.78, 5) is 0. The molecule has 1 aromatic carbocycles. The van der Waals surface area contributed by atoms with Crippen LogP contribution in [0.4, 0.5) is 5.69 Å². The van der Waals surface area contributed by atoms with Crippen molar-refractivity contribution < 1.29 is 5.11 Å². The maximum atomic E-state index is 8.90. The van der Waals surface area contributed by atoms with E-state index >= 15 is 0 Å². The number of rotatable bonds is 3. The summed E-state index contributed by atoms with van der Waals surface area (Å²) >= 11 is 5.79. The van der Waals surface area contributed by atoms with Crippen LogP contribution in [-0.4, -0.2) is 12.2 Å². The van der Waals surface area contributed by atoms with E-state index in [0.717, 1.165) is 5.69 Å². The molecule has 2 N–H and O–H groups in total. The van der Waals surface area contributed by atoms with Crippen LogP contribution in [0.1, 0.15) is 5.56 Å². The number of hydrogen-bond donors (Lipinski definition) is 2. The zero-order valence-corrected chi connectivity index (χ0v) is 7.91. The van der Waals surface area contributed by atoms with E-state index in [9.17, 15) is 0 Å². The summed E-state index contributed by atoms with van der Waals surface area (Å²) in [5, 5.41) is 16.6. The zero-order valence-electron chi connectivity index (χ0n) is 7.16. The number of aliphatic hydroxyl groups excluding tert-OH is 1. The summed E-state index contributed by atoms with van der Waals surface area (Å²) in [5.41, 5.74) is 4.10. The predicted molar refractivity (Wildman–Crippen MR) is 51.8 cm³/mol. The van der Waals surface area contributed by atoms with Crippen LogP contribution < -0.4 is 5.43 Å². The maximum absolute atomic E-state index is 8.90. The molecule has 0 bridgehead atoms. The van der Waals surface area contributed by atoms with E-state index < -0.39 is 0 Å². The molecule has 1 rings (SSSR count). The van der Waals surface area contributed by atoms with Gasteiger partial charge in [-0.05, 0) is 23.8 Å². The molecule has 0 amide bonds. The fraction of sp³-hybridized carbons (Fsp3) is 0.250. The third-order valence-corrected chi connectivity index (χ3v) is 1.86. The Morgan fingerprint density at radius 1 is 1.54 bits per heavy atom. The van der Waals surface area contributed by atoms with Gasteiger partial charge in [0.25, 0.3) is 0 Å². The van der Waals surface area contributed by atoms with Gasteiger partial charge in [0, 0.05) is 5.02 Å². The second kappa shape index (κ2) is 4.79. The molecule has 0 aliphatic heterocycles. The molecule has 5 heteroatoms. The standard InChI is InChI=1S/C8H10ClN3O/c1-10-12-11-7-2-3-8(9)6(4-7)5-13/h2-4,13H,5H2,1H3,(H,10,11). The first-order valence-electron chi connectivity index (χ1n) is 3.72. The molecule has 0 radical (unpaired) electrons. The van der Waals surface area contributed by atoms with Crippen LogP contribution >= 0.6 is 11.6 Å². The lowest BCUT2D eigenvalue weighted by Gasteiger charge is -2.03. The molecule has 0 aliphatic rings. The van der Waals surface area contributed by atoms with Crippen LogP contribution in [0, 0.1) is 0 Å². The molecule has 0 aliphatic carbocycles. The second-order valence-electron chi connectivity index (χ2n) is 2.38. The molecule has 0 unspecified atom stereocenters. The Kier molecular flexibility index (Phi) is 3.67. The summed E-state index contributed by atoms with van der Waals surface area (Å²) in [6.07, 6.45) is 0. The Hall–Kier alpha value is -1.13. The van der Waals surface area contributed by atoms with Crippen molar-refractivity contribution >= 4 is 17.3 Å². The number of nitrogens with zero attached hydrogens (tertiary/aromatic N) is 2. The van der Waals surface area contributed by atoms with E-state index in [1.165, 1.54) is 0 Å². The lowest BCUT2D eigenvalue weighted by Crippen LogP contribution is -1.90. The topological polar surface area (TPSA) is 57.0 Å². The maximum Gasteiger partial charge on any atom is 0.0697 e. The number of aliphatic hydroxyl groups is 1. The molecule has 0 heterocycles. The smallest absolute Gasteiger partial charge is 0.0697 e. The molecule has 4 nitrogen and oxygen atoms in total. The number of anilines is 1. The van der Waals surface area contributed by atoms with Gasteiger partial charge in [0.15, 0.2) is 0 Å². The van der Waals surface area contributed by atoms with Crippen LogP contribution in [0.25, 0.3) is 0 Å². The van der Waals surface area contributed by atoms with E-state index in [1.807, 2.05) is 0 Å². The first kappa shape index (κ1) is 9.95. The van der Waals surface area contributed by atoms with Crippen molar-refractivity contribution in [2.24, 2.45) is 10.3 Å². The molecule has 0 aromatic heterocycles. The highest BCUT2D eigenvalue weighted by Gasteiger charge is 1.99. The van der Waals surface area contributed by atoms with Crippen LogP contribution in [0.2, 0.25) is 5.02 Å². The zero-order chi connectivity index (χ0) is 9.68. The number of nitrogens with one attached hydrogen (secondary N) is 1. The molecule has 0 saturated heterocycles. The van der Waals surface area contributed by atoms with Crippen LogP contribution in [-0.2, 0) is 6.61 Å². The van der Waals surface area contributed by atoms with Crippen LogP contribution in [0.5, 0.6) is 0 Å². The Balaban J connectivity index is 2.86. The molecular weight excluding hydrogens is 190 g/mol. The Morgan fingerprint density at radius 3 is 2.92 bits per heavy atom. The number of halogens is 1. The largest absolute Gasteiger partial charge is 0.392 e. The normalized spacial score (nSPS) is 10.7. The van der Waals surface area contributed by atoms with Gasteiger partial charge >= 0.3 is 0 Å². The van der Waals surface area contributed by atoms with E-state index in [4.69, 9.17) is 16.7 Å². The van der Waals surface area contributed by atoms with Crippen molar-refractivity contribution in [3.63, 3.8) is 0 Å². The van der Waals surface area contributed by atoms with Gasteiger partial charge in [-0.15, -0.1) is 0 Å². The quantitative estimate of drug-likeness (QED) is 0.580. The van der Waals surface area contributed by atoms with Gasteiger partial charge in [0.1, 0.15) is 0 Å². The highest BCUT2D eigenvalue weighted by Crippen LogP contribution is 2.20. The summed E-state index contributed by atoms with van der Waals surface area (Å²) in [6.45, 7) is -0.0857. The average Bonchev–Trinajstić information content (AvgIpc) is 2.16. The molecule has 0 fully saturated rings. The number of benzene rings is 1. The van der Waals surface area contributed by atoms with Gasteiger partial charge in [-0.3, -0.25) is 5.43 Å². The van der Waals surface area contributed by atoms with Gasteiger partial charge in [0.2, 0.25) is 0 Å². The van der Waals surface area contributed by atoms with Crippen molar-refractivity contribution in [3.8, 4) is 0 Å². The van der Waals surface area contributed by atoms with Crippen LogP contribution in [0.3, 0.4) is 0 Å². The first-order chi connectivity index (χ1) is 6.27. The first-order valence-corrected chi connectivity index (χ1v) is 4.10. The fourth-order valence-corrected chi connectivity index (χ4v) is 1.05. The predicted octanol–water partition coefficient (Wildman–Crippen LogP) is 2.24. The summed E-state index contributed by atoms with van der Waals surface area (Å²) in [7, 11) is 1.57. The van der Waals surface area contributed by atoms with Crippen molar-refractivity contribution in [2.75, 3.05) is 12.5 Å². The Labute approximate surface area is 81.2 Å². The van der Waals surface area contributed by atoms with Gasteiger partial charge in [-0.1, -0.05) is 16.8 Å². The van der Waals surface area contributed by atoms with Gasteiger partial charge in [-0.25, -0.2) is 0 Å². The molecular formula is C8H10ClN3O. The van der Waals surface area contributed by atoms with Gasteiger partial charge in [-0.2, -0.15) is 5.11 Å². The molecule has 70 valence electrons. The van der Waals surface area contributed by atoms with E-state index in [2.05, 4.69) is 15.8 Å². The summed E-state index contributed by atoms with van der Waals surface area (Å²) in [5.74, 6) is 0. The monoisotopic (exact) mass is 199 g/mol. The lowest BCUT2D eigenvalue weighted by molar-refractivity contribution is 0.282. The SMILES string of the molecule is CN=NNc1ccc(Cl)c(CO)c1. The highest BCUT2D eigenvalue weighted by molar-refractivity contribution is 6.31. The lowest BCUT2D eigenvalue weighted by atomic mass is 10.2. The minimum atomic E-state index is -0.0857. The molecule has 13 heavy (non-hydrogen) atoms. The fourth-order valence-electron chi connectivity index (χ4n) is 0.873. The second-order valence-corrected chi connectivity index (χ2v) is 2.78. The van der Waals surface area contributed by atoms with Gasteiger partial charge < -0.3 is 5.11 Å². The van der Waals surface area contributed by atoms with E-state index in [0.29, 0.717) is 10.6 Å². The van der Waals surface area contributed by atoms with Crippen LogP contribution in [0.15, 0.2) is 28.5 Å². The van der Waals surface area contributed by atoms with E-state index in [1.54, 1.807) is 25.2 Å². The highest BCUT2D eigenvalue weighted by atomic mass is 35.5. The summed E-state index contributed by atoms with van der Waals surface area (Å²) < 4.78 is 0. The third kappa shape index (κ3) is 2.68. The minimum Gasteiger partial charge on any atom is -0.392 e. The van der Waals surface area contributed by atoms with Crippen molar-refractivity contribution in [1.82, 2.24) is 0 Å². The van der Waals surface area contributed by atoms with Crippen molar-refractivity contribution in [1.29, 1.82) is 0 Å². The molecule has 0 saturated carbocycles. The van der Waals surface area contributed by atoms with Crippen molar-refractivity contribution in [2.45, 2.75) is 6.61 Å². The molecule has 1 aromatic rings. The minimum absolute atomic E-state index is 0.0857. The summed E-state index contributed by atoms with van der Waals surface area (Å²) in [6, 6.07) is 5.17. The molecule has 0 spiro atoms. The average molecular weight is 200 g/mol. The molecule has 0 atom stereocenters. The van der Waals surface area contributed by atoms with Crippen molar-refractivity contribution in [3.05, 3.63) is 28.8 Å². The number of hydrogen-bond acceptors (Lipinski definition) is 3. The third-order valence-electron chi connectivity index (χ3n) is 1.50.